The summed E-state index contributed by atoms with van der Waals surface area (Å²) in [6, 6.07) is 15.8. The van der Waals surface area contributed by atoms with Gasteiger partial charge in [0.2, 0.25) is 0 Å². The molecule has 42 heavy (non-hydrogen) atoms. The molecule has 5 rings (SSSR count). The van der Waals surface area contributed by atoms with Crippen molar-refractivity contribution < 1.29 is 37.3 Å². The molecule has 3 N–H and O–H groups in total. The minimum atomic E-state index is -4.93. The lowest BCUT2D eigenvalue weighted by atomic mass is 9.90. The van der Waals surface area contributed by atoms with Gasteiger partial charge in [-0.15, -0.1) is 13.2 Å². The summed E-state index contributed by atoms with van der Waals surface area (Å²) in [5.74, 6) is -1.51. The van der Waals surface area contributed by atoms with E-state index in [1.165, 1.54) is 18.2 Å². The number of aromatic carboxylic acids is 1. The average molecular weight is 601 g/mol. The van der Waals surface area contributed by atoms with E-state index in [0.29, 0.717) is 36.7 Å². The third-order valence-corrected chi connectivity index (χ3v) is 7.65. The molecular weight excluding hydrogens is 573 g/mol. The molecule has 2 fully saturated rings. The Kier molecular flexibility index (Phi) is 8.10. The number of para-hydroxylation sites is 1. The van der Waals surface area contributed by atoms with Crippen molar-refractivity contribution in [1.29, 1.82) is 0 Å². The van der Waals surface area contributed by atoms with Crippen LogP contribution < -0.4 is 20.1 Å². The highest BCUT2D eigenvalue weighted by Crippen LogP contribution is 2.39. The molecular formula is C31H28ClF3N2O5. The molecule has 0 aromatic heterocycles. The molecule has 3 aromatic carbocycles. The Morgan fingerprint density at radius 2 is 1.79 bits per heavy atom. The summed E-state index contributed by atoms with van der Waals surface area (Å²) in [6.07, 6.45) is -3.57. The zero-order valence-corrected chi connectivity index (χ0v) is 23.3. The largest absolute Gasteiger partial charge is 0.573 e. The summed E-state index contributed by atoms with van der Waals surface area (Å²) in [6.45, 7) is 2.90. The number of hydrogen-bond acceptors (Lipinski definition) is 6. The number of alkyl halides is 3. The molecule has 0 bridgehead atoms. The number of carboxylic acid groups (broad SMARTS) is 1. The predicted molar refractivity (Wildman–Crippen MR) is 152 cm³/mol. The van der Waals surface area contributed by atoms with Gasteiger partial charge in [-0.2, -0.15) is 0 Å². The van der Waals surface area contributed by atoms with Crippen LogP contribution in [0.15, 0.2) is 66.2 Å². The maximum Gasteiger partial charge on any atom is 0.573 e. The predicted octanol–water partition coefficient (Wildman–Crippen LogP) is 6.58. The summed E-state index contributed by atoms with van der Waals surface area (Å²) in [5, 5.41) is 9.82. The summed E-state index contributed by atoms with van der Waals surface area (Å²) in [4.78, 5) is 26.6. The molecule has 0 amide bonds. The Hall–Kier alpha value is -4.18. The van der Waals surface area contributed by atoms with Gasteiger partial charge in [-0.05, 0) is 73.4 Å². The Morgan fingerprint density at radius 1 is 1.07 bits per heavy atom. The number of ketones is 1. The van der Waals surface area contributed by atoms with Crippen molar-refractivity contribution in [1.82, 2.24) is 0 Å². The van der Waals surface area contributed by atoms with Crippen molar-refractivity contribution in [3.8, 4) is 11.5 Å². The van der Waals surface area contributed by atoms with Gasteiger partial charge in [0.15, 0.2) is 5.78 Å². The van der Waals surface area contributed by atoms with Crippen molar-refractivity contribution in [3.63, 3.8) is 0 Å². The third kappa shape index (κ3) is 6.65. The number of carboxylic acids is 1. The first-order valence-corrected chi connectivity index (χ1v) is 13.7. The van der Waals surface area contributed by atoms with Gasteiger partial charge in [-0.25, -0.2) is 4.79 Å². The van der Waals surface area contributed by atoms with Crippen molar-refractivity contribution in [2.75, 3.05) is 24.6 Å². The zero-order chi connectivity index (χ0) is 30.2. The fourth-order valence-electron chi connectivity index (χ4n) is 4.98. The van der Waals surface area contributed by atoms with Crippen LogP contribution in [0, 0.1) is 12.8 Å². The molecule has 0 atom stereocenters. The van der Waals surface area contributed by atoms with Crippen LogP contribution >= 0.6 is 11.6 Å². The van der Waals surface area contributed by atoms with Gasteiger partial charge in [-0.3, -0.25) is 4.79 Å². The maximum atomic E-state index is 13.1. The number of hydrogen-bond donors (Lipinski definition) is 2. The molecule has 1 aliphatic carbocycles. The highest BCUT2D eigenvalue weighted by atomic mass is 35.5. The van der Waals surface area contributed by atoms with Crippen LogP contribution in [0.1, 0.15) is 45.8 Å². The fraction of sp³-hybridized carbons (Fsp3) is 0.290. The second-order valence-corrected chi connectivity index (χ2v) is 10.9. The minimum Gasteiger partial charge on any atom is -0.489 e. The summed E-state index contributed by atoms with van der Waals surface area (Å²) < 4.78 is 48.9. The number of carbonyl (C=O) groups excluding carboxylic acids is 1. The van der Waals surface area contributed by atoms with Crippen LogP contribution in [0.2, 0.25) is 5.02 Å². The van der Waals surface area contributed by atoms with Crippen LogP contribution in [0.4, 0.5) is 18.9 Å². The number of aryl methyl sites for hydroxylation is 1. The zero-order valence-electron chi connectivity index (χ0n) is 22.6. The number of Topliss-reactive ketones (excluding diaryl/α,β-unsaturated/α-hetero) is 1. The Labute approximate surface area is 245 Å². The van der Waals surface area contributed by atoms with Crippen LogP contribution in [0.3, 0.4) is 0 Å². The van der Waals surface area contributed by atoms with Crippen molar-refractivity contribution in [2.24, 2.45) is 11.7 Å². The van der Waals surface area contributed by atoms with Gasteiger partial charge in [0.25, 0.3) is 0 Å². The molecule has 0 spiro atoms. The van der Waals surface area contributed by atoms with Gasteiger partial charge in [0.05, 0.1) is 16.8 Å². The highest BCUT2D eigenvalue weighted by molar-refractivity contribution is 6.31. The molecule has 2 aliphatic rings. The van der Waals surface area contributed by atoms with Crippen molar-refractivity contribution in [3.05, 3.63) is 93.5 Å². The van der Waals surface area contributed by atoms with E-state index < -0.39 is 18.1 Å². The Bertz CT molecular complexity index is 1560. The highest BCUT2D eigenvalue weighted by Gasteiger charge is 2.36. The molecule has 11 heteroatoms. The van der Waals surface area contributed by atoms with E-state index in [-0.39, 0.29) is 46.6 Å². The van der Waals surface area contributed by atoms with Crippen LogP contribution in [0.25, 0.3) is 5.70 Å². The molecule has 1 saturated carbocycles. The quantitative estimate of drug-likeness (QED) is 0.254. The second-order valence-electron chi connectivity index (χ2n) is 10.5. The molecule has 3 aromatic rings. The summed E-state index contributed by atoms with van der Waals surface area (Å²) in [7, 11) is 0. The molecule has 0 unspecified atom stereocenters. The number of ether oxygens (including phenoxy) is 2. The number of carbonyl (C=O) groups is 2. The number of nitrogens with two attached hydrogens (primary N) is 1. The molecule has 1 heterocycles. The van der Waals surface area contributed by atoms with E-state index in [4.69, 9.17) is 22.1 Å². The molecule has 7 nitrogen and oxygen atoms in total. The Morgan fingerprint density at radius 3 is 2.43 bits per heavy atom. The summed E-state index contributed by atoms with van der Waals surface area (Å²) in [5.41, 5.74) is 8.99. The van der Waals surface area contributed by atoms with Crippen LogP contribution in [-0.4, -0.2) is 42.9 Å². The lowest BCUT2D eigenvalue weighted by Gasteiger charge is -2.42. The number of nitrogens with zero attached hydrogens (tertiary/aromatic N) is 1. The maximum absolute atomic E-state index is 13.1. The first kappa shape index (κ1) is 29.3. The fourth-order valence-corrected chi connectivity index (χ4v) is 5.30. The van der Waals surface area contributed by atoms with Crippen molar-refractivity contribution in [2.45, 2.75) is 32.0 Å². The monoisotopic (exact) mass is 600 g/mol. The van der Waals surface area contributed by atoms with Gasteiger partial charge in [0, 0.05) is 41.2 Å². The van der Waals surface area contributed by atoms with Gasteiger partial charge in [0.1, 0.15) is 18.1 Å². The van der Waals surface area contributed by atoms with E-state index in [1.54, 1.807) is 24.3 Å². The SMILES string of the molecule is Cc1cc(C(=O)O)cc(N2CC(c3ccc(OCC(C(=O)C4CC4)=C(N)c4ccccc4OC(F)(F)F)cc3Cl)C2)c1. The smallest absolute Gasteiger partial charge is 0.489 e. The van der Waals surface area contributed by atoms with E-state index >= 15 is 0 Å². The second kappa shape index (κ2) is 11.6. The van der Waals surface area contributed by atoms with Gasteiger partial charge in [-0.1, -0.05) is 29.8 Å². The van der Waals surface area contributed by atoms with E-state index in [0.717, 1.165) is 22.9 Å². The minimum absolute atomic E-state index is 0.0468. The normalized spacial score (nSPS) is 16.0. The van der Waals surface area contributed by atoms with Crippen molar-refractivity contribution >= 4 is 34.7 Å². The molecule has 1 saturated heterocycles. The van der Waals surface area contributed by atoms with Gasteiger partial charge >= 0.3 is 12.3 Å². The standard InChI is InChI=1S/C31H28ClF3N2O5/c1-17-10-19(30(39)40)12-21(11-17)37-14-20(15-37)23-9-8-22(13-26(23)32)41-16-25(29(38)18-6-7-18)28(36)24-4-2-3-5-27(24)42-31(33,34)35/h2-5,8-13,18,20H,6-7,14-16,36H2,1H3,(H,39,40). The first-order valence-electron chi connectivity index (χ1n) is 13.3. The van der Waals surface area contributed by atoms with E-state index in [1.807, 2.05) is 19.1 Å². The topological polar surface area (TPSA) is 102 Å². The third-order valence-electron chi connectivity index (χ3n) is 7.32. The van der Waals surface area contributed by atoms with E-state index in [2.05, 4.69) is 9.64 Å². The number of halogens is 4. The number of benzene rings is 3. The number of anilines is 1. The molecule has 1 aliphatic heterocycles. The Balaban J connectivity index is 1.30. The molecule has 220 valence electrons. The van der Waals surface area contributed by atoms with Gasteiger partial charge < -0.3 is 25.2 Å². The van der Waals surface area contributed by atoms with E-state index in [9.17, 15) is 27.9 Å². The van der Waals surface area contributed by atoms with Crippen LogP contribution in [0.5, 0.6) is 11.5 Å². The summed E-state index contributed by atoms with van der Waals surface area (Å²) >= 11 is 6.60. The lowest BCUT2D eigenvalue weighted by molar-refractivity contribution is -0.274. The average Bonchev–Trinajstić information content (AvgIpc) is 3.73. The first-order chi connectivity index (χ1) is 19.9. The molecule has 0 radical (unpaired) electrons. The number of rotatable bonds is 10. The lowest BCUT2D eigenvalue weighted by Crippen LogP contribution is -2.45. The van der Waals surface area contributed by atoms with Crippen LogP contribution in [-0.2, 0) is 4.79 Å².